The van der Waals surface area contributed by atoms with Crippen molar-refractivity contribution >= 4 is 28.6 Å². The second-order valence-corrected chi connectivity index (χ2v) is 8.80. The van der Waals surface area contributed by atoms with Gasteiger partial charge in [-0.2, -0.15) is 0 Å². The molecule has 4 heteroatoms. The fourth-order valence-corrected chi connectivity index (χ4v) is 6.74. The van der Waals surface area contributed by atoms with E-state index in [-0.39, 0.29) is 5.49 Å². The Bertz CT molecular complexity index is 538. The van der Waals surface area contributed by atoms with E-state index in [0.717, 1.165) is 10.6 Å². The van der Waals surface area contributed by atoms with E-state index in [2.05, 4.69) is 0 Å². The molecular formula is C14H15O2PS. The van der Waals surface area contributed by atoms with Crippen LogP contribution < -0.4 is 10.6 Å². The highest BCUT2D eigenvalue weighted by molar-refractivity contribution is 7.97. The molecule has 0 heterocycles. The van der Waals surface area contributed by atoms with Gasteiger partial charge in [0, 0.05) is 27.7 Å². The SMILES string of the molecule is C[S@](=O)CP(=O)(c1ccccc1)c1ccccc1. The van der Waals surface area contributed by atoms with E-state index in [1.807, 2.05) is 60.7 Å². The average molecular weight is 278 g/mol. The monoisotopic (exact) mass is 278 g/mol. The van der Waals surface area contributed by atoms with Crippen molar-refractivity contribution in [1.82, 2.24) is 0 Å². The average Bonchev–Trinajstić information content (AvgIpc) is 2.40. The minimum Gasteiger partial charge on any atom is -0.313 e. The summed E-state index contributed by atoms with van der Waals surface area (Å²) >= 11 is 0. The van der Waals surface area contributed by atoms with Gasteiger partial charge < -0.3 is 4.57 Å². The van der Waals surface area contributed by atoms with Gasteiger partial charge in [-0.15, -0.1) is 0 Å². The van der Waals surface area contributed by atoms with Crippen LogP contribution in [0.15, 0.2) is 60.7 Å². The molecule has 2 nitrogen and oxygen atoms in total. The number of hydrogen-bond acceptors (Lipinski definition) is 2. The molecule has 0 saturated carbocycles. The molecule has 0 aliphatic rings. The first-order chi connectivity index (χ1) is 8.63. The van der Waals surface area contributed by atoms with Crippen molar-refractivity contribution in [3.63, 3.8) is 0 Å². The smallest absolute Gasteiger partial charge is 0.155 e. The minimum absolute atomic E-state index is 0.195. The zero-order chi connectivity index (χ0) is 13.0. The van der Waals surface area contributed by atoms with Gasteiger partial charge in [0.05, 0.1) is 5.49 Å². The van der Waals surface area contributed by atoms with Gasteiger partial charge in [-0.25, -0.2) is 0 Å². The predicted molar refractivity (Wildman–Crippen MR) is 78.7 cm³/mol. The van der Waals surface area contributed by atoms with Gasteiger partial charge in [0.2, 0.25) is 0 Å². The number of rotatable bonds is 4. The summed E-state index contributed by atoms with van der Waals surface area (Å²) in [5.41, 5.74) is 0.195. The van der Waals surface area contributed by atoms with E-state index in [9.17, 15) is 8.77 Å². The van der Waals surface area contributed by atoms with E-state index in [4.69, 9.17) is 0 Å². The molecule has 0 amide bonds. The molecular weight excluding hydrogens is 263 g/mol. The van der Waals surface area contributed by atoms with Crippen molar-refractivity contribution in [2.24, 2.45) is 0 Å². The molecule has 0 spiro atoms. The van der Waals surface area contributed by atoms with Crippen LogP contribution in [-0.4, -0.2) is 16.0 Å². The van der Waals surface area contributed by atoms with Gasteiger partial charge in [-0.05, 0) is 0 Å². The molecule has 0 radical (unpaired) electrons. The van der Waals surface area contributed by atoms with Crippen molar-refractivity contribution in [2.45, 2.75) is 0 Å². The molecule has 0 aromatic heterocycles. The molecule has 0 aliphatic carbocycles. The van der Waals surface area contributed by atoms with Crippen LogP contribution in [0.2, 0.25) is 0 Å². The molecule has 0 saturated heterocycles. The van der Waals surface area contributed by atoms with Crippen molar-refractivity contribution in [1.29, 1.82) is 0 Å². The van der Waals surface area contributed by atoms with Crippen molar-refractivity contribution in [3.05, 3.63) is 60.7 Å². The first-order valence-corrected chi connectivity index (χ1v) is 9.25. The van der Waals surface area contributed by atoms with Crippen LogP contribution in [0.4, 0.5) is 0 Å². The number of benzene rings is 2. The van der Waals surface area contributed by atoms with Gasteiger partial charge in [-0.3, -0.25) is 4.21 Å². The van der Waals surface area contributed by atoms with Crippen LogP contribution in [0.3, 0.4) is 0 Å². The zero-order valence-electron chi connectivity index (χ0n) is 10.2. The van der Waals surface area contributed by atoms with Crippen LogP contribution >= 0.6 is 7.14 Å². The van der Waals surface area contributed by atoms with Gasteiger partial charge in [0.1, 0.15) is 0 Å². The maximum absolute atomic E-state index is 13.2. The highest BCUT2D eigenvalue weighted by Gasteiger charge is 2.28. The molecule has 18 heavy (non-hydrogen) atoms. The van der Waals surface area contributed by atoms with Crippen molar-refractivity contribution in [3.8, 4) is 0 Å². The lowest BCUT2D eigenvalue weighted by molar-refractivity contribution is 0.589. The first kappa shape index (κ1) is 13.3. The van der Waals surface area contributed by atoms with Crippen LogP contribution in [0, 0.1) is 0 Å². The largest absolute Gasteiger partial charge is 0.313 e. The summed E-state index contributed by atoms with van der Waals surface area (Å²) < 4.78 is 24.8. The summed E-state index contributed by atoms with van der Waals surface area (Å²) in [6, 6.07) is 18.6. The number of hydrogen-bond donors (Lipinski definition) is 0. The molecule has 1 atom stereocenters. The summed E-state index contributed by atoms with van der Waals surface area (Å²) in [4.78, 5) is 0. The van der Waals surface area contributed by atoms with Crippen LogP contribution in [-0.2, 0) is 15.4 Å². The van der Waals surface area contributed by atoms with E-state index in [0.29, 0.717) is 0 Å². The highest BCUT2D eigenvalue weighted by Crippen LogP contribution is 2.43. The van der Waals surface area contributed by atoms with Gasteiger partial charge in [-0.1, -0.05) is 60.7 Å². The van der Waals surface area contributed by atoms with Crippen molar-refractivity contribution in [2.75, 3.05) is 11.7 Å². The fourth-order valence-electron chi connectivity index (χ4n) is 1.89. The Hall–Kier alpha value is -1.18. The standard InChI is InChI=1S/C14H15O2PS/c1-18(16)12-17(15,13-8-4-2-5-9-13)14-10-6-3-7-11-14/h2-11H,12H2,1H3/t18-/m0/s1. The summed E-state index contributed by atoms with van der Waals surface area (Å²) in [7, 11) is -3.88. The Morgan fingerprint density at radius 3 is 1.61 bits per heavy atom. The summed E-state index contributed by atoms with van der Waals surface area (Å²) in [6.07, 6.45) is 1.60. The Kier molecular flexibility index (Phi) is 4.15. The van der Waals surface area contributed by atoms with Gasteiger partial charge >= 0.3 is 0 Å². The van der Waals surface area contributed by atoms with Gasteiger partial charge in [0.15, 0.2) is 7.14 Å². The lowest BCUT2D eigenvalue weighted by atomic mass is 10.4. The quantitative estimate of drug-likeness (QED) is 0.804. The van der Waals surface area contributed by atoms with Crippen LogP contribution in [0.5, 0.6) is 0 Å². The third-order valence-corrected chi connectivity index (χ3v) is 7.88. The molecule has 2 rings (SSSR count). The summed E-state index contributed by atoms with van der Waals surface area (Å²) in [6.45, 7) is 0. The van der Waals surface area contributed by atoms with E-state index >= 15 is 0 Å². The van der Waals surface area contributed by atoms with E-state index < -0.39 is 17.9 Å². The topological polar surface area (TPSA) is 34.1 Å². The fraction of sp³-hybridized carbons (Fsp3) is 0.143. The third-order valence-electron chi connectivity index (χ3n) is 2.71. The Morgan fingerprint density at radius 2 is 1.28 bits per heavy atom. The molecule has 94 valence electrons. The molecule has 0 bridgehead atoms. The maximum atomic E-state index is 13.2. The predicted octanol–water partition coefficient (Wildman–Crippen LogP) is 2.34. The minimum atomic E-state index is -2.78. The lowest BCUT2D eigenvalue weighted by Gasteiger charge is -2.17. The Labute approximate surface area is 110 Å². The highest BCUT2D eigenvalue weighted by atomic mass is 32.2. The molecule has 0 N–H and O–H groups in total. The Morgan fingerprint density at radius 1 is 0.889 bits per heavy atom. The molecule has 2 aromatic carbocycles. The molecule has 0 unspecified atom stereocenters. The second-order valence-electron chi connectivity index (χ2n) is 4.11. The summed E-state index contributed by atoms with van der Waals surface area (Å²) in [5.74, 6) is 0. The van der Waals surface area contributed by atoms with Gasteiger partial charge in [0.25, 0.3) is 0 Å². The summed E-state index contributed by atoms with van der Waals surface area (Å²) in [5, 5.41) is 1.54. The molecule has 0 aliphatic heterocycles. The maximum Gasteiger partial charge on any atom is 0.155 e. The lowest BCUT2D eigenvalue weighted by Crippen LogP contribution is -2.19. The van der Waals surface area contributed by atoms with Crippen LogP contribution in [0.1, 0.15) is 0 Å². The Balaban J connectivity index is 2.55. The van der Waals surface area contributed by atoms with E-state index in [1.54, 1.807) is 6.26 Å². The normalized spacial score (nSPS) is 13.2. The van der Waals surface area contributed by atoms with E-state index in [1.165, 1.54) is 0 Å². The third kappa shape index (κ3) is 2.80. The first-order valence-electron chi connectivity index (χ1n) is 5.63. The zero-order valence-corrected chi connectivity index (χ0v) is 11.9. The molecule has 2 aromatic rings. The van der Waals surface area contributed by atoms with Crippen LogP contribution in [0.25, 0.3) is 0 Å². The van der Waals surface area contributed by atoms with Crippen molar-refractivity contribution < 1.29 is 8.77 Å². The molecule has 0 fully saturated rings. The second kappa shape index (κ2) is 5.64.